The molecule has 2 aliphatic heterocycles. The van der Waals surface area contributed by atoms with Crippen LogP contribution in [-0.4, -0.2) is 64.2 Å². The van der Waals surface area contributed by atoms with Gasteiger partial charge in [-0.25, -0.2) is 0 Å². The molecule has 0 aromatic heterocycles. The van der Waals surface area contributed by atoms with Crippen molar-refractivity contribution in [1.29, 1.82) is 0 Å². The Balaban J connectivity index is 1.01. The van der Waals surface area contributed by atoms with Crippen LogP contribution in [0, 0.1) is 70.0 Å². The van der Waals surface area contributed by atoms with E-state index in [-0.39, 0.29) is 29.0 Å². The minimum Gasteiger partial charge on any atom is -0.393 e. The zero-order valence-corrected chi connectivity index (χ0v) is 31.8. The summed E-state index contributed by atoms with van der Waals surface area (Å²) < 4.78 is 0. The van der Waals surface area contributed by atoms with Crippen molar-refractivity contribution in [1.82, 2.24) is 4.90 Å². The first-order chi connectivity index (χ1) is 23.3. The number of benzene rings is 1. The van der Waals surface area contributed by atoms with Gasteiger partial charge >= 0.3 is 0 Å². The highest BCUT2D eigenvalue weighted by molar-refractivity contribution is 5.48. The average Bonchev–Trinajstić information content (AvgIpc) is 3.64. The summed E-state index contributed by atoms with van der Waals surface area (Å²) in [5.41, 5.74) is 3.74. The summed E-state index contributed by atoms with van der Waals surface area (Å²) >= 11 is 0. The SMILES string of the molecule is CNc1ccc(CC(C)C)c(CCC2CCC3(C2)CC2(C)C(CC3O)C(O)CC3C4CCC5C(CN6CC(C)CCC6C5(C)O)C4CC32)c1. The predicted molar refractivity (Wildman–Crippen MR) is 199 cm³/mol. The van der Waals surface area contributed by atoms with Gasteiger partial charge in [0.2, 0.25) is 0 Å². The van der Waals surface area contributed by atoms with Crippen LogP contribution in [0.15, 0.2) is 18.2 Å². The fraction of sp³-hybridized carbons (Fsp3) is 0.864. The first-order valence-corrected chi connectivity index (χ1v) is 20.9. The topological polar surface area (TPSA) is 76.0 Å². The molecule has 1 aromatic carbocycles. The molecule has 15 atom stereocenters. The van der Waals surface area contributed by atoms with Crippen LogP contribution in [0.1, 0.15) is 123 Å². The molecule has 7 fully saturated rings. The first-order valence-electron chi connectivity index (χ1n) is 20.9. The number of aliphatic hydroxyl groups excluding tert-OH is 2. The minimum absolute atomic E-state index is 0.00702. The number of hydrogen-bond donors (Lipinski definition) is 4. The van der Waals surface area contributed by atoms with Crippen LogP contribution in [-0.2, 0) is 12.8 Å². The van der Waals surface area contributed by atoms with Crippen molar-refractivity contribution in [2.24, 2.45) is 70.0 Å². The average molecular weight is 675 g/mol. The van der Waals surface area contributed by atoms with Crippen LogP contribution in [0.4, 0.5) is 5.69 Å². The van der Waals surface area contributed by atoms with Crippen molar-refractivity contribution in [2.45, 2.75) is 148 Å². The highest BCUT2D eigenvalue weighted by Crippen LogP contribution is 2.70. The quantitative estimate of drug-likeness (QED) is 0.247. The van der Waals surface area contributed by atoms with E-state index in [0.717, 1.165) is 63.8 Å². The van der Waals surface area contributed by atoms with E-state index in [1.807, 2.05) is 7.05 Å². The fourth-order valence-electron chi connectivity index (χ4n) is 15.0. The third-order valence-electron chi connectivity index (χ3n) is 17.1. The van der Waals surface area contributed by atoms with Gasteiger partial charge < -0.3 is 20.6 Å². The molecule has 5 aliphatic carbocycles. The van der Waals surface area contributed by atoms with Crippen LogP contribution in [0.5, 0.6) is 0 Å². The number of anilines is 1. The predicted octanol–water partition coefficient (Wildman–Crippen LogP) is 7.95. The number of piperidine rings is 2. The largest absolute Gasteiger partial charge is 0.393 e. The van der Waals surface area contributed by atoms with Crippen molar-refractivity contribution in [2.75, 3.05) is 25.5 Å². The number of fused-ring (bicyclic) bond motifs is 8. The molecule has 7 aliphatic rings. The van der Waals surface area contributed by atoms with Crippen LogP contribution in [0.3, 0.4) is 0 Å². The van der Waals surface area contributed by atoms with E-state index in [2.05, 4.69) is 63.0 Å². The Hall–Kier alpha value is -1.14. The van der Waals surface area contributed by atoms with Gasteiger partial charge in [0.05, 0.1) is 17.8 Å². The summed E-state index contributed by atoms with van der Waals surface area (Å²) in [5.74, 6) is 5.88. The normalized spacial score (nSPS) is 49.3. The molecule has 5 heteroatoms. The van der Waals surface area contributed by atoms with E-state index in [9.17, 15) is 15.3 Å². The van der Waals surface area contributed by atoms with Gasteiger partial charge in [-0.3, -0.25) is 4.90 Å². The Labute approximate surface area is 298 Å². The van der Waals surface area contributed by atoms with Crippen molar-refractivity contribution >= 4 is 5.69 Å². The molecule has 5 saturated carbocycles. The number of hydrogen-bond acceptors (Lipinski definition) is 5. The maximum Gasteiger partial charge on any atom is 0.0805 e. The lowest BCUT2D eigenvalue weighted by molar-refractivity contribution is -0.180. The van der Waals surface area contributed by atoms with Crippen LogP contribution < -0.4 is 5.32 Å². The van der Waals surface area contributed by atoms with Crippen molar-refractivity contribution in [3.8, 4) is 0 Å². The molecule has 2 heterocycles. The molecule has 0 amide bonds. The van der Waals surface area contributed by atoms with Crippen molar-refractivity contribution in [3.63, 3.8) is 0 Å². The zero-order valence-electron chi connectivity index (χ0n) is 31.8. The smallest absolute Gasteiger partial charge is 0.0805 e. The van der Waals surface area contributed by atoms with Crippen LogP contribution in [0.25, 0.3) is 0 Å². The molecule has 1 spiro atoms. The van der Waals surface area contributed by atoms with Gasteiger partial charge in [-0.15, -0.1) is 0 Å². The molecule has 1 aromatic rings. The fourth-order valence-corrected chi connectivity index (χ4v) is 15.0. The summed E-state index contributed by atoms with van der Waals surface area (Å²) in [6, 6.07) is 7.29. The summed E-state index contributed by atoms with van der Waals surface area (Å²) in [4.78, 5) is 2.71. The minimum atomic E-state index is -0.588. The van der Waals surface area contributed by atoms with E-state index in [1.165, 1.54) is 61.9 Å². The maximum absolute atomic E-state index is 12.2. The molecule has 15 unspecified atom stereocenters. The highest BCUT2D eigenvalue weighted by Gasteiger charge is 2.67. The van der Waals surface area contributed by atoms with E-state index < -0.39 is 5.60 Å². The van der Waals surface area contributed by atoms with Gasteiger partial charge in [0.25, 0.3) is 0 Å². The lowest BCUT2D eigenvalue weighted by Crippen LogP contribution is -2.67. The summed E-state index contributed by atoms with van der Waals surface area (Å²) in [5, 5.41) is 39.4. The standard InChI is InChI=1S/C44H70N2O3/c1-26(2)17-29-10-11-31(45-6)18-30(29)9-8-28-15-16-44(22-28)25-42(4)37-19-33-32(34(37)20-39(47)38(42)21-41(44)48)12-13-36-35(33)24-46-23-27(3)7-14-40(46)43(36,5)49/h10-11,18,26-28,32-41,45,47-49H,7-9,12-17,19-25H2,1-6H3. The molecule has 0 bridgehead atoms. The second-order valence-electron chi connectivity index (χ2n) is 20.2. The molecule has 0 radical (unpaired) electrons. The van der Waals surface area contributed by atoms with Crippen molar-refractivity contribution < 1.29 is 15.3 Å². The maximum atomic E-state index is 12.2. The molecule has 4 N–H and O–H groups in total. The van der Waals surface area contributed by atoms with Gasteiger partial charge in [-0.1, -0.05) is 33.8 Å². The first kappa shape index (κ1) is 34.9. The monoisotopic (exact) mass is 675 g/mol. The summed E-state index contributed by atoms with van der Waals surface area (Å²) in [6.07, 6.45) is 15.4. The lowest BCUT2D eigenvalue weighted by atomic mass is 9.46. The molecule has 2 saturated heterocycles. The Morgan fingerprint density at radius 3 is 2.47 bits per heavy atom. The van der Waals surface area contributed by atoms with Gasteiger partial charge in [-0.05, 0) is 190 Å². The summed E-state index contributed by atoms with van der Waals surface area (Å²) in [7, 11) is 2.02. The second-order valence-corrected chi connectivity index (χ2v) is 20.2. The third kappa shape index (κ3) is 5.77. The van der Waals surface area contributed by atoms with Crippen LogP contribution in [0.2, 0.25) is 0 Å². The van der Waals surface area contributed by atoms with E-state index >= 15 is 0 Å². The zero-order chi connectivity index (χ0) is 34.5. The number of nitrogens with zero attached hydrogens (tertiary/aromatic N) is 1. The Bertz CT molecular complexity index is 1360. The van der Waals surface area contributed by atoms with E-state index in [4.69, 9.17) is 0 Å². The van der Waals surface area contributed by atoms with Crippen LogP contribution >= 0.6 is 0 Å². The number of rotatable bonds is 6. The lowest BCUT2D eigenvalue weighted by Gasteiger charge is -2.60. The molecular formula is C44H70N2O3. The summed E-state index contributed by atoms with van der Waals surface area (Å²) in [6.45, 7) is 14.2. The molecule has 274 valence electrons. The number of nitrogens with one attached hydrogen (secondary N) is 1. The van der Waals surface area contributed by atoms with Gasteiger partial charge in [0, 0.05) is 31.9 Å². The Morgan fingerprint density at radius 2 is 1.69 bits per heavy atom. The van der Waals surface area contributed by atoms with E-state index in [1.54, 1.807) is 0 Å². The van der Waals surface area contributed by atoms with E-state index in [0.29, 0.717) is 53.4 Å². The highest BCUT2D eigenvalue weighted by atomic mass is 16.3. The molecule has 49 heavy (non-hydrogen) atoms. The van der Waals surface area contributed by atoms with Gasteiger partial charge in [-0.2, -0.15) is 0 Å². The number of aryl methyl sites for hydroxylation is 1. The van der Waals surface area contributed by atoms with Gasteiger partial charge in [0.15, 0.2) is 0 Å². The Kier molecular flexibility index (Phi) is 9.10. The van der Waals surface area contributed by atoms with Gasteiger partial charge in [0.1, 0.15) is 0 Å². The number of aliphatic hydroxyl groups is 3. The van der Waals surface area contributed by atoms with Crippen molar-refractivity contribution in [3.05, 3.63) is 29.3 Å². The molecule has 8 rings (SSSR count). The molecular weight excluding hydrogens is 604 g/mol. The molecule has 5 nitrogen and oxygen atoms in total. The third-order valence-corrected chi connectivity index (χ3v) is 17.1. The second kappa shape index (κ2) is 12.8. The Morgan fingerprint density at radius 1 is 0.878 bits per heavy atom.